The van der Waals surface area contributed by atoms with Crippen molar-refractivity contribution in [1.29, 1.82) is 0 Å². The minimum Gasteiger partial charge on any atom is -0.395 e. The van der Waals surface area contributed by atoms with Gasteiger partial charge in [0.05, 0.1) is 17.1 Å². The van der Waals surface area contributed by atoms with E-state index >= 15 is 0 Å². The summed E-state index contributed by atoms with van der Waals surface area (Å²) in [5, 5.41) is 21.5. The second-order valence-electron chi connectivity index (χ2n) is 3.14. The summed E-state index contributed by atoms with van der Waals surface area (Å²) in [6.07, 6.45) is -4.56. The van der Waals surface area contributed by atoms with Crippen molar-refractivity contribution in [3.05, 3.63) is 33.9 Å². The van der Waals surface area contributed by atoms with Gasteiger partial charge >= 0.3 is 6.18 Å². The third-order valence-corrected chi connectivity index (χ3v) is 1.95. The molecular formula is C9H9F3N2O3. The Morgan fingerprint density at radius 2 is 2.06 bits per heavy atom. The number of hydrogen-bond donors (Lipinski definition) is 2. The monoisotopic (exact) mass is 250 g/mol. The van der Waals surface area contributed by atoms with Crippen LogP contribution in [-0.4, -0.2) is 23.2 Å². The molecule has 0 aliphatic rings. The van der Waals surface area contributed by atoms with Crippen molar-refractivity contribution >= 4 is 11.4 Å². The number of hydrogen-bond acceptors (Lipinski definition) is 4. The summed E-state index contributed by atoms with van der Waals surface area (Å²) in [5.41, 5.74) is -1.71. The van der Waals surface area contributed by atoms with Gasteiger partial charge in [0.25, 0.3) is 5.69 Å². The molecule has 0 fully saturated rings. The zero-order valence-electron chi connectivity index (χ0n) is 8.49. The molecule has 5 nitrogen and oxygen atoms in total. The molecule has 17 heavy (non-hydrogen) atoms. The molecule has 0 saturated carbocycles. The Labute approximate surface area is 94.0 Å². The SMILES string of the molecule is O=[N+]([O-])c1ccc(C(F)(F)F)cc1NCCO. The van der Waals surface area contributed by atoms with Crippen molar-refractivity contribution in [2.24, 2.45) is 0 Å². The highest BCUT2D eigenvalue weighted by Gasteiger charge is 2.32. The number of nitrogens with one attached hydrogen (secondary N) is 1. The third-order valence-electron chi connectivity index (χ3n) is 1.95. The van der Waals surface area contributed by atoms with E-state index < -0.39 is 22.4 Å². The van der Waals surface area contributed by atoms with Crippen molar-refractivity contribution in [3.63, 3.8) is 0 Å². The number of alkyl halides is 3. The first-order valence-corrected chi connectivity index (χ1v) is 4.56. The van der Waals surface area contributed by atoms with Gasteiger partial charge in [0.15, 0.2) is 0 Å². The molecule has 1 aromatic rings. The molecule has 0 bridgehead atoms. The van der Waals surface area contributed by atoms with Crippen LogP contribution >= 0.6 is 0 Å². The minimum absolute atomic E-state index is 0.0673. The largest absolute Gasteiger partial charge is 0.416 e. The molecule has 0 aliphatic carbocycles. The van der Waals surface area contributed by atoms with Crippen LogP contribution in [0.2, 0.25) is 0 Å². The van der Waals surface area contributed by atoms with Crippen LogP contribution in [0.1, 0.15) is 5.56 Å². The lowest BCUT2D eigenvalue weighted by Crippen LogP contribution is -2.10. The molecule has 0 heterocycles. The van der Waals surface area contributed by atoms with Gasteiger partial charge in [-0.05, 0) is 12.1 Å². The maximum atomic E-state index is 12.4. The van der Waals surface area contributed by atoms with Crippen molar-refractivity contribution < 1.29 is 23.2 Å². The summed E-state index contributed by atoms with van der Waals surface area (Å²) < 4.78 is 37.1. The fourth-order valence-corrected chi connectivity index (χ4v) is 1.20. The van der Waals surface area contributed by atoms with Crippen molar-refractivity contribution in [2.45, 2.75) is 6.18 Å². The van der Waals surface area contributed by atoms with E-state index in [2.05, 4.69) is 5.32 Å². The normalized spacial score (nSPS) is 11.3. The van der Waals surface area contributed by atoms with Gasteiger partial charge in [0, 0.05) is 12.6 Å². The summed E-state index contributed by atoms with van der Waals surface area (Å²) in [4.78, 5) is 9.78. The number of benzene rings is 1. The van der Waals surface area contributed by atoms with E-state index in [0.29, 0.717) is 12.1 Å². The Morgan fingerprint density at radius 3 is 2.53 bits per heavy atom. The lowest BCUT2D eigenvalue weighted by molar-refractivity contribution is -0.384. The highest BCUT2D eigenvalue weighted by molar-refractivity contribution is 5.63. The van der Waals surface area contributed by atoms with Crippen LogP contribution in [0.5, 0.6) is 0 Å². The van der Waals surface area contributed by atoms with Crippen LogP contribution in [0.15, 0.2) is 18.2 Å². The molecule has 0 unspecified atom stereocenters. The quantitative estimate of drug-likeness (QED) is 0.633. The first-order valence-electron chi connectivity index (χ1n) is 4.56. The first kappa shape index (κ1) is 13.2. The van der Waals surface area contributed by atoms with Crippen LogP contribution < -0.4 is 5.32 Å². The predicted molar refractivity (Wildman–Crippen MR) is 53.7 cm³/mol. The van der Waals surface area contributed by atoms with E-state index in [1.54, 1.807) is 0 Å². The first-order chi connectivity index (χ1) is 7.86. The maximum absolute atomic E-state index is 12.4. The molecule has 0 amide bonds. The number of nitro benzene ring substituents is 1. The van der Waals surface area contributed by atoms with Gasteiger partial charge in [-0.25, -0.2) is 0 Å². The van der Waals surface area contributed by atoms with Crippen LogP contribution in [0.4, 0.5) is 24.5 Å². The Balaban J connectivity index is 3.14. The standard InChI is InChI=1S/C9H9F3N2O3/c10-9(11,12)6-1-2-8(14(16)17)7(5-6)13-3-4-15/h1-2,5,13,15H,3-4H2. The molecule has 0 radical (unpaired) electrons. The van der Waals surface area contributed by atoms with Gasteiger partial charge in [-0.3, -0.25) is 10.1 Å². The number of rotatable bonds is 4. The topological polar surface area (TPSA) is 75.4 Å². The van der Waals surface area contributed by atoms with Gasteiger partial charge in [-0.15, -0.1) is 0 Å². The van der Waals surface area contributed by atoms with Crippen LogP contribution in [0.3, 0.4) is 0 Å². The van der Waals surface area contributed by atoms with Crippen molar-refractivity contribution in [1.82, 2.24) is 0 Å². The fourth-order valence-electron chi connectivity index (χ4n) is 1.20. The number of aliphatic hydroxyl groups is 1. The molecule has 8 heteroatoms. The van der Waals surface area contributed by atoms with E-state index in [0.717, 1.165) is 6.07 Å². The van der Waals surface area contributed by atoms with Crippen LogP contribution in [-0.2, 0) is 6.18 Å². The van der Waals surface area contributed by atoms with Gasteiger partial charge in [0.1, 0.15) is 5.69 Å². The zero-order chi connectivity index (χ0) is 13.1. The summed E-state index contributed by atoms with van der Waals surface area (Å²) >= 11 is 0. The highest BCUT2D eigenvalue weighted by atomic mass is 19.4. The molecule has 1 rings (SSSR count). The number of nitrogens with zero attached hydrogens (tertiary/aromatic N) is 1. The minimum atomic E-state index is -4.56. The summed E-state index contributed by atoms with van der Waals surface area (Å²) in [7, 11) is 0. The number of anilines is 1. The van der Waals surface area contributed by atoms with Gasteiger partial charge in [0.2, 0.25) is 0 Å². The third kappa shape index (κ3) is 3.31. The number of halogens is 3. The molecular weight excluding hydrogens is 241 g/mol. The number of aliphatic hydroxyl groups excluding tert-OH is 1. The van der Waals surface area contributed by atoms with Gasteiger partial charge in [-0.1, -0.05) is 0 Å². The molecule has 94 valence electrons. The van der Waals surface area contributed by atoms with Crippen molar-refractivity contribution in [3.8, 4) is 0 Å². The molecule has 1 aromatic carbocycles. The van der Waals surface area contributed by atoms with Gasteiger partial charge in [-0.2, -0.15) is 13.2 Å². The molecule has 0 atom stereocenters. The number of nitro groups is 1. The molecule has 2 N–H and O–H groups in total. The van der Waals surface area contributed by atoms with Gasteiger partial charge < -0.3 is 10.4 Å². The van der Waals surface area contributed by atoms with E-state index in [1.165, 1.54) is 0 Å². The van der Waals surface area contributed by atoms with E-state index in [4.69, 9.17) is 5.11 Å². The average molecular weight is 250 g/mol. The lowest BCUT2D eigenvalue weighted by atomic mass is 10.1. The molecule has 0 aliphatic heterocycles. The smallest absolute Gasteiger partial charge is 0.395 e. The van der Waals surface area contributed by atoms with E-state index in [-0.39, 0.29) is 18.8 Å². The van der Waals surface area contributed by atoms with E-state index in [1.807, 2.05) is 0 Å². The van der Waals surface area contributed by atoms with E-state index in [9.17, 15) is 23.3 Å². The Hall–Kier alpha value is -1.83. The second-order valence-corrected chi connectivity index (χ2v) is 3.14. The average Bonchev–Trinajstić information content (AvgIpc) is 2.24. The summed E-state index contributed by atoms with van der Waals surface area (Å²) in [6, 6.07) is 2.07. The highest BCUT2D eigenvalue weighted by Crippen LogP contribution is 2.34. The second kappa shape index (κ2) is 5.00. The van der Waals surface area contributed by atoms with Crippen LogP contribution in [0.25, 0.3) is 0 Å². The maximum Gasteiger partial charge on any atom is 0.416 e. The molecule has 0 saturated heterocycles. The Morgan fingerprint density at radius 1 is 1.41 bits per heavy atom. The zero-order valence-corrected chi connectivity index (χ0v) is 8.49. The summed E-state index contributed by atoms with van der Waals surface area (Å²) in [6.45, 7) is -0.407. The van der Waals surface area contributed by atoms with Crippen LogP contribution in [0, 0.1) is 10.1 Å². The molecule has 0 spiro atoms. The molecule has 0 aromatic heterocycles. The summed E-state index contributed by atoms with van der Waals surface area (Å²) in [5.74, 6) is 0. The predicted octanol–water partition coefficient (Wildman–Crippen LogP) is 2.02. The fraction of sp³-hybridized carbons (Fsp3) is 0.333. The Kier molecular flexibility index (Phi) is 3.89. The lowest BCUT2D eigenvalue weighted by Gasteiger charge is -2.10. The van der Waals surface area contributed by atoms with Crippen molar-refractivity contribution in [2.75, 3.05) is 18.5 Å². The Bertz CT molecular complexity index is 420.